The van der Waals surface area contributed by atoms with E-state index in [1.807, 2.05) is 40.3 Å². The van der Waals surface area contributed by atoms with E-state index in [0.29, 0.717) is 37.6 Å². The van der Waals surface area contributed by atoms with Crippen LogP contribution in [0.3, 0.4) is 0 Å². The molecule has 2 heterocycles. The van der Waals surface area contributed by atoms with E-state index >= 15 is 0 Å². The second-order valence-electron chi connectivity index (χ2n) is 10.4. The normalized spacial score (nSPS) is 15.5. The molecule has 0 aliphatic carbocycles. The maximum absolute atomic E-state index is 14.0. The molecule has 2 N–H and O–H groups in total. The Balaban J connectivity index is 1.58. The summed E-state index contributed by atoms with van der Waals surface area (Å²) in [7, 11) is 0. The van der Waals surface area contributed by atoms with E-state index in [-0.39, 0.29) is 12.5 Å². The van der Waals surface area contributed by atoms with Crippen molar-refractivity contribution in [3.05, 3.63) is 101 Å². The molecule has 5 rings (SSSR count). The molecule has 7 heteroatoms. The fourth-order valence-corrected chi connectivity index (χ4v) is 5.45. The molecule has 6 nitrogen and oxygen atoms in total. The highest BCUT2D eigenvalue weighted by molar-refractivity contribution is 6.18. The van der Waals surface area contributed by atoms with Crippen molar-refractivity contribution in [3.63, 3.8) is 0 Å². The molecule has 1 fully saturated rings. The minimum Gasteiger partial charge on any atom is -0.396 e. The third-order valence-corrected chi connectivity index (χ3v) is 8.07. The number of likely N-dealkylation sites (tertiary alicyclic amines) is 1. The van der Waals surface area contributed by atoms with Gasteiger partial charge in [0.05, 0.1) is 24.2 Å². The highest BCUT2D eigenvalue weighted by Gasteiger charge is 2.46. The summed E-state index contributed by atoms with van der Waals surface area (Å²) in [6.07, 6.45) is 0.470. The number of aromatic nitrogens is 2. The molecule has 192 valence electrons. The van der Waals surface area contributed by atoms with Crippen LogP contribution in [0.15, 0.2) is 72.8 Å². The van der Waals surface area contributed by atoms with Crippen molar-refractivity contribution >= 4 is 28.5 Å². The molecule has 0 bridgehead atoms. The van der Waals surface area contributed by atoms with Crippen molar-refractivity contribution < 1.29 is 9.90 Å². The van der Waals surface area contributed by atoms with Crippen molar-refractivity contribution in [1.82, 2.24) is 14.0 Å². The zero-order valence-electron chi connectivity index (χ0n) is 21.3. The maximum atomic E-state index is 14.0. The summed E-state index contributed by atoms with van der Waals surface area (Å²) >= 11 is 6.13. The SMILES string of the molecule is Cc1ccc(CC(C(=O)N2CC(CO)(CCl)C2)n2c(=N)n(Cc3ccc(C)cc3)c3ccccc32)cc1. The summed E-state index contributed by atoms with van der Waals surface area (Å²) in [6, 6.07) is 23.9. The van der Waals surface area contributed by atoms with Gasteiger partial charge in [-0.05, 0) is 37.1 Å². The van der Waals surface area contributed by atoms with Crippen LogP contribution in [0.4, 0.5) is 0 Å². The molecule has 1 saturated heterocycles. The van der Waals surface area contributed by atoms with E-state index in [9.17, 15) is 15.3 Å². The monoisotopic (exact) mass is 516 g/mol. The van der Waals surface area contributed by atoms with Crippen LogP contribution in [0.5, 0.6) is 0 Å². The molecule has 1 atom stereocenters. The number of amides is 1. The van der Waals surface area contributed by atoms with Gasteiger partial charge in [-0.3, -0.25) is 14.8 Å². The average Bonchev–Trinajstić information content (AvgIpc) is 3.16. The predicted octanol–water partition coefficient (Wildman–Crippen LogP) is 4.43. The van der Waals surface area contributed by atoms with Crippen molar-refractivity contribution in [2.45, 2.75) is 32.9 Å². The van der Waals surface area contributed by atoms with Crippen LogP contribution in [0.1, 0.15) is 28.3 Å². The molecule has 1 aromatic heterocycles. The summed E-state index contributed by atoms with van der Waals surface area (Å²) < 4.78 is 3.85. The number of hydrogen-bond donors (Lipinski definition) is 2. The number of benzene rings is 3. The lowest BCUT2D eigenvalue weighted by Crippen LogP contribution is -2.62. The zero-order valence-corrected chi connectivity index (χ0v) is 22.1. The van der Waals surface area contributed by atoms with Gasteiger partial charge in [0.1, 0.15) is 6.04 Å². The van der Waals surface area contributed by atoms with Crippen LogP contribution < -0.4 is 5.62 Å². The number of nitrogens with one attached hydrogen (secondary N) is 1. The highest BCUT2D eigenvalue weighted by Crippen LogP contribution is 2.34. The van der Waals surface area contributed by atoms with Crippen molar-refractivity contribution in [3.8, 4) is 0 Å². The Bertz CT molecular complexity index is 1460. The largest absolute Gasteiger partial charge is 0.396 e. The fourth-order valence-electron chi connectivity index (χ4n) is 5.20. The minimum absolute atomic E-state index is 0.0460. The Morgan fingerprint density at radius 3 is 2.08 bits per heavy atom. The van der Waals surface area contributed by atoms with E-state index in [0.717, 1.165) is 27.7 Å². The Hall–Kier alpha value is -3.35. The second-order valence-corrected chi connectivity index (χ2v) is 10.7. The first-order chi connectivity index (χ1) is 17.8. The molecule has 0 radical (unpaired) electrons. The minimum atomic E-state index is -0.591. The number of para-hydroxylation sites is 2. The number of rotatable bonds is 8. The molecule has 0 spiro atoms. The van der Waals surface area contributed by atoms with Crippen LogP contribution in [0.2, 0.25) is 0 Å². The number of fused-ring (bicyclic) bond motifs is 1. The topological polar surface area (TPSA) is 74.2 Å². The number of aryl methyl sites for hydroxylation is 2. The van der Waals surface area contributed by atoms with Gasteiger partial charge >= 0.3 is 0 Å². The van der Waals surface area contributed by atoms with Crippen LogP contribution in [0, 0.1) is 24.7 Å². The summed E-state index contributed by atoms with van der Waals surface area (Å²) in [5.41, 5.74) is 6.12. The molecule has 3 aromatic carbocycles. The number of nitrogens with zero attached hydrogens (tertiary/aromatic N) is 3. The lowest BCUT2D eigenvalue weighted by Gasteiger charge is -2.49. The molecule has 1 amide bonds. The lowest BCUT2D eigenvalue weighted by molar-refractivity contribution is -0.148. The summed E-state index contributed by atoms with van der Waals surface area (Å²) in [6.45, 7) is 5.45. The summed E-state index contributed by atoms with van der Waals surface area (Å²) in [5.74, 6) is 0.259. The van der Waals surface area contributed by atoms with Gasteiger partial charge < -0.3 is 14.6 Å². The fraction of sp³-hybridized carbons (Fsp3) is 0.333. The third-order valence-electron chi connectivity index (χ3n) is 7.51. The van der Waals surface area contributed by atoms with Crippen molar-refractivity contribution in [2.75, 3.05) is 25.6 Å². The van der Waals surface area contributed by atoms with E-state index in [1.54, 1.807) is 4.90 Å². The standard InChI is InChI=1S/C30H33ClN4O2/c1-21-7-11-23(12-8-21)15-27(28(37)33-18-30(17-31,19-33)20-36)35-26-6-4-3-5-25(26)34(29(35)32)16-24-13-9-22(2)10-14-24/h3-14,27,32,36H,15-20H2,1-2H3. The van der Waals surface area contributed by atoms with Gasteiger partial charge in [-0.15, -0.1) is 11.6 Å². The molecule has 37 heavy (non-hydrogen) atoms. The number of carbonyl (C=O) groups excluding carboxylic acids is 1. The van der Waals surface area contributed by atoms with Gasteiger partial charge in [0, 0.05) is 30.8 Å². The number of carbonyl (C=O) groups is 1. The van der Waals surface area contributed by atoms with Crippen molar-refractivity contribution in [2.24, 2.45) is 5.41 Å². The van der Waals surface area contributed by atoms with E-state index in [4.69, 9.17) is 11.6 Å². The van der Waals surface area contributed by atoms with Crippen LogP contribution in [0.25, 0.3) is 11.0 Å². The quantitative estimate of drug-likeness (QED) is 0.340. The summed E-state index contributed by atoms with van der Waals surface area (Å²) in [4.78, 5) is 15.8. The Morgan fingerprint density at radius 2 is 1.51 bits per heavy atom. The molecule has 4 aromatic rings. The number of aliphatic hydroxyl groups excluding tert-OH is 1. The summed E-state index contributed by atoms with van der Waals surface area (Å²) in [5, 5.41) is 19.1. The lowest BCUT2D eigenvalue weighted by atomic mass is 9.82. The van der Waals surface area contributed by atoms with Gasteiger partial charge in [0.2, 0.25) is 11.5 Å². The van der Waals surface area contributed by atoms with Gasteiger partial charge in [-0.1, -0.05) is 71.8 Å². The Kier molecular flexibility index (Phi) is 6.97. The molecule has 1 aliphatic heterocycles. The number of aliphatic hydroxyl groups is 1. The van der Waals surface area contributed by atoms with Crippen LogP contribution >= 0.6 is 11.6 Å². The van der Waals surface area contributed by atoms with E-state index in [2.05, 4.69) is 55.5 Å². The van der Waals surface area contributed by atoms with Gasteiger partial charge in [0.15, 0.2) is 0 Å². The first kappa shape index (κ1) is 25.3. The smallest absolute Gasteiger partial charge is 0.246 e. The molecular weight excluding hydrogens is 484 g/mol. The molecular formula is C30H33ClN4O2. The number of halogens is 1. The number of imidazole rings is 1. The predicted molar refractivity (Wildman–Crippen MR) is 147 cm³/mol. The van der Waals surface area contributed by atoms with Crippen LogP contribution in [-0.2, 0) is 17.8 Å². The van der Waals surface area contributed by atoms with Crippen molar-refractivity contribution in [1.29, 1.82) is 5.41 Å². The molecule has 1 unspecified atom stereocenters. The van der Waals surface area contributed by atoms with Gasteiger partial charge in [-0.25, -0.2) is 0 Å². The zero-order chi connectivity index (χ0) is 26.2. The van der Waals surface area contributed by atoms with Gasteiger partial charge in [-0.2, -0.15) is 0 Å². The number of alkyl halides is 1. The molecule has 0 saturated carbocycles. The Labute approximate surface area is 222 Å². The van der Waals surface area contributed by atoms with E-state index < -0.39 is 11.5 Å². The van der Waals surface area contributed by atoms with Crippen LogP contribution in [-0.4, -0.2) is 50.6 Å². The van der Waals surface area contributed by atoms with Gasteiger partial charge in [0.25, 0.3) is 0 Å². The maximum Gasteiger partial charge on any atom is 0.246 e. The average molecular weight is 517 g/mol. The second kappa shape index (κ2) is 10.2. The first-order valence-electron chi connectivity index (χ1n) is 12.7. The third kappa shape index (κ3) is 4.83. The Morgan fingerprint density at radius 1 is 0.946 bits per heavy atom. The first-order valence-corrected chi connectivity index (χ1v) is 13.2. The highest BCUT2D eigenvalue weighted by atomic mass is 35.5. The number of hydrogen-bond acceptors (Lipinski definition) is 3. The van der Waals surface area contributed by atoms with E-state index in [1.165, 1.54) is 5.56 Å². The molecule has 1 aliphatic rings.